The second kappa shape index (κ2) is 4.94. The number of hydrogen-bond donors (Lipinski definition) is 1. The summed E-state index contributed by atoms with van der Waals surface area (Å²) in [7, 11) is 0. The Kier molecular flexibility index (Phi) is 3.64. The van der Waals surface area contributed by atoms with Crippen LogP contribution in [0.1, 0.15) is 27.7 Å². The van der Waals surface area contributed by atoms with Gasteiger partial charge in [0.1, 0.15) is 11.9 Å². The summed E-state index contributed by atoms with van der Waals surface area (Å²) in [6, 6.07) is 3.69. The third-order valence-electron chi connectivity index (χ3n) is 2.68. The topological polar surface area (TPSA) is 20.2 Å². The van der Waals surface area contributed by atoms with Gasteiger partial charge in [-0.3, -0.25) is 0 Å². The highest BCUT2D eigenvalue weighted by Gasteiger charge is 2.35. The molecular weight excluding hydrogens is 280 g/mol. The molecule has 0 amide bonds. The average molecular weight is 290 g/mol. The van der Waals surface area contributed by atoms with Crippen molar-refractivity contribution >= 4 is 11.3 Å². The summed E-state index contributed by atoms with van der Waals surface area (Å²) in [5, 5.41) is 11.6. The van der Waals surface area contributed by atoms with Crippen molar-refractivity contribution in [3.8, 4) is 0 Å². The van der Waals surface area contributed by atoms with Gasteiger partial charge < -0.3 is 5.11 Å². The fourth-order valence-electron chi connectivity index (χ4n) is 1.80. The van der Waals surface area contributed by atoms with E-state index in [9.17, 15) is 22.7 Å². The molecule has 1 atom stereocenters. The Morgan fingerprint density at radius 1 is 1.21 bits per heavy atom. The maximum atomic E-state index is 13.1. The normalized spacial score (nSPS) is 13.6. The van der Waals surface area contributed by atoms with E-state index in [0.29, 0.717) is 11.6 Å². The van der Waals surface area contributed by atoms with Gasteiger partial charge in [-0.2, -0.15) is 13.2 Å². The first kappa shape index (κ1) is 14.0. The number of rotatable bonds is 2. The van der Waals surface area contributed by atoms with Gasteiger partial charge in [0.15, 0.2) is 0 Å². The molecule has 0 aliphatic rings. The molecule has 2 aromatic rings. The van der Waals surface area contributed by atoms with Crippen molar-refractivity contribution in [1.29, 1.82) is 0 Å². The Bertz CT molecular complexity index is 589. The van der Waals surface area contributed by atoms with E-state index in [0.717, 1.165) is 17.0 Å². The molecule has 0 bridgehead atoms. The molecule has 0 radical (unpaired) electrons. The van der Waals surface area contributed by atoms with Crippen LogP contribution >= 0.6 is 11.3 Å². The predicted octanol–water partition coefficient (Wildman–Crippen LogP) is 4.30. The standard InChI is InChI=1S/C13H10F4OS/c1-7-4-8(6-19-7)12(18)10-5-9(14)2-3-11(10)13(15,16)17/h2-6,12,18H,1H3. The highest BCUT2D eigenvalue weighted by Crippen LogP contribution is 2.37. The molecule has 1 aromatic heterocycles. The fraction of sp³-hybridized carbons (Fsp3) is 0.231. The Morgan fingerprint density at radius 3 is 2.42 bits per heavy atom. The highest BCUT2D eigenvalue weighted by molar-refractivity contribution is 7.10. The van der Waals surface area contributed by atoms with Gasteiger partial charge in [0.25, 0.3) is 0 Å². The van der Waals surface area contributed by atoms with Crippen LogP contribution in [0.3, 0.4) is 0 Å². The fourth-order valence-corrected chi connectivity index (χ4v) is 2.53. The lowest BCUT2D eigenvalue weighted by Gasteiger charge is -2.17. The number of thiophene rings is 1. The lowest BCUT2D eigenvalue weighted by atomic mass is 9.98. The Hall–Kier alpha value is -1.40. The van der Waals surface area contributed by atoms with Gasteiger partial charge in [-0.15, -0.1) is 11.3 Å². The largest absolute Gasteiger partial charge is 0.416 e. The van der Waals surface area contributed by atoms with Crippen LogP contribution in [0, 0.1) is 12.7 Å². The zero-order valence-corrected chi connectivity index (χ0v) is 10.6. The van der Waals surface area contributed by atoms with Crippen LogP contribution < -0.4 is 0 Å². The molecule has 0 fully saturated rings. The van der Waals surface area contributed by atoms with E-state index >= 15 is 0 Å². The van der Waals surface area contributed by atoms with Crippen LogP contribution in [-0.4, -0.2) is 5.11 Å². The second-order valence-electron chi connectivity index (χ2n) is 4.12. The molecule has 1 unspecified atom stereocenters. The third kappa shape index (κ3) is 2.96. The maximum absolute atomic E-state index is 13.1. The Labute approximate surface area is 111 Å². The van der Waals surface area contributed by atoms with E-state index in [-0.39, 0.29) is 0 Å². The van der Waals surface area contributed by atoms with E-state index in [4.69, 9.17) is 0 Å². The molecule has 1 N–H and O–H groups in total. The molecule has 0 saturated carbocycles. The summed E-state index contributed by atoms with van der Waals surface area (Å²) in [5.41, 5.74) is -1.16. The Morgan fingerprint density at radius 2 is 1.89 bits per heavy atom. The molecular formula is C13H10F4OS. The number of hydrogen-bond acceptors (Lipinski definition) is 2. The maximum Gasteiger partial charge on any atom is 0.416 e. The van der Waals surface area contributed by atoms with Gasteiger partial charge in [0.05, 0.1) is 5.56 Å². The second-order valence-corrected chi connectivity index (χ2v) is 5.24. The summed E-state index contributed by atoms with van der Waals surface area (Å²) in [5.74, 6) is -0.811. The summed E-state index contributed by atoms with van der Waals surface area (Å²) in [4.78, 5) is 0.860. The van der Waals surface area contributed by atoms with Gasteiger partial charge in [0.2, 0.25) is 0 Å². The summed E-state index contributed by atoms with van der Waals surface area (Å²) >= 11 is 1.31. The molecule has 0 aliphatic carbocycles. The van der Waals surface area contributed by atoms with Crippen LogP contribution in [0.2, 0.25) is 0 Å². The number of halogens is 4. The molecule has 0 saturated heterocycles. The van der Waals surface area contributed by atoms with Crippen LogP contribution in [0.25, 0.3) is 0 Å². The number of aliphatic hydroxyl groups is 1. The van der Waals surface area contributed by atoms with E-state index in [2.05, 4.69) is 0 Å². The molecule has 1 aromatic carbocycles. The summed E-state index contributed by atoms with van der Waals surface area (Å²) in [6.45, 7) is 1.77. The molecule has 1 nitrogen and oxygen atoms in total. The molecule has 102 valence electrons. The van der Waals surface area contributed by atoms with Crippen molar-refractivity contribution in [3.63, 3.8) is 0 Å². The van der Waals surface area contributed by atoms with E-state index in [1.165, 1.54) is 11.3 Å². The van der Waals surface area contributed by atoms with Crippen molar-refractivity contribution in [2.45, 2.75) is 19.2 Å². The summed E-state index contributed by atoms with van der Waals surface area (Å²) < 4.78 is 51.6. The minimum atomic E-state index is -4.63. The molecule has 1 heterocycles. The van der Waals surface area contributed by atoms with Crippen molar-refractivity contribution < 1.29 is 22.7 Å². The van der Waals surface area contributed by atoms with E-state index < -0.39 is 29.2 Å². The number of aryl methyl sites for hydroxylation is 1. The number of benzene rings is 1. The van der Waals surface area contributed by atoms with Gasteiger partial charge in [-0.25, -0.2) is 4.39 Å². The number of alkyl halides is 3. The predicted molar refractivity (Wildman–Crippen MR) is 64.5 cm³/mol. The molecule has 0 aliphatic heterocycles. The minimum Gasteiger partial charge on any atom is -0.384 e. The van der Waals surface area contributed by atoms with Crippen LogP contribution in [0.4, 0.5) is 17.6 Å². The quantitative estimate of drug-likeness (QED) is 0.818. The van der Waals surface area contributed by atoms with Crippen molar-refractivity contribution in [3.05, 3.63) is 57.0 Å². The van der Waals surface area contributed by atoms with Gasteiger partial charge in [-0.1, -0.05) is 0 Å². The zero-order valence-electron chi connectivity index (χ0n) is 9.83. The van der Waals surface area contributed by atoms with E-state index in [1.54, 1.807) is 18.4 Å². The molecule has 6 heteroatoms. The zero-order chi connectivity index (χ0) is 14.2. The number of aliphatic hydroxyl groups excluding tert-OH is 1. The van der Waals surface area contributed by atoms with Crippen molar-refractivity contribution in [1.82, 2.24) is 0 Å². The lowest BCUT2D eigenvalue weighted by molar-refractivity contribution is -0.139. The van der Waals surface area contributed by atoms with Crippen molar-refractivity contribution in [2.75, 3.05) is 0 Å². The molecule has 0 spiro atoms. The van der Waals surface area contributed by atoms with Crippen LogP contribution in [0.5, 0.6) is 0 Å². The smallest absolute Gasteiger partial charge is 0.384 e. The third-order valence-corrected chi connectivity index (χ3v) is 3.56. The van der Waals surface area contributed by atoms with E-state index in [1.807, 2.05) is 0 Å². The van der Waals surface area contributed by atoms with Gasteiger partial charge in [-0.05, 0) is 42.1 Å². The first-order chi connectivity index (χ1) is 8.79. The average Bonchev–Trinajstić information content (AvgIpc) is 2.73. The minimum absolute atomic E-state index is 0.332. The van der Waals surface area contributed by atoms with Crippen LogP contribution in [0.15, 0.2) is 29.6 Å². The first-order valence-corrected chi connectivity index (χ1v) is 6.27. The highest BCUT2D eigenvalue weighted by atomic mass is 32.1. The monoisotopic (exact) mass is 290 g/mol. The molecule has 2 rings (SSSR count). The first-order valence-electron chi connectivity index (χ1n) is 5.39. The molecule has 19 heavy (non-hydrogen) atoms. The summed E-state index contributed by atoms with van der Waals surface area (Å²) in [6.07, 6.45) is -6.12. The lowest BCUT2D eigenvalue weighted by Crippen LogP contribution is -2.13. The van der Waals surface area contributed by atoms with Crippen LogP contribution in [-0.2, 0) is 6.18 Å². The SMILES string of the molecule is Cc1cc(C(O)c2cc(F)ccc2C(F)(F)F)cs1. The van der Waals surface area contributed by atoms with Crippen molar-refractivity contribution in [2.24, 2.45) is 0 Å². The Balaban J connectivity index is 2.51. The van der Waals surface area contributed by atoms with Gasteiger partial charge in [0, 0.05) is 10.4 Å². The van der Waals surface area contributed by atoms with Gasteiger partial charge >= 0.3 is 6.18 Å².